The highest BCUT2D eigenvalue weighted by Crippen LogP contribution is 2.28. The lowest BCUT2D eigenvalue weighted by Gasteiger charge is -2.05. The maximum absolute atomic E-state index is 8.03. The molecule has 2 heterocycles. The minimum Gasteiger partial charge on any atom is -0.361 e. The first-order valence-electron chi connectivity index (χ1n) is 7.31. The normalized spacial score (nSPS) is 26.9. The van der Waals surface area contributed by atoms with E-state index in [0.29, 0.717) is 16.5 Å². The largest absolute Gasteiger partial charge is 0.361 e. The van der Waals surface area contributed by atoms with Gasteiger partial charge in [0.2, 0.25) is 0 Å². The summed E-state index contributed by atoms with van der Waals surface area (Å²) in [6, 6.07) is -0.632. The van der Waals surface area contributed by atoms with Crippen molar-refractivity contribution in [2.75, 3.05) is 13.1 Å². The Morgan fingerprint density at radius 1 is 1.36 bits per heavy atom. The third-order valence-corrected chi connectivity index (χ3v) is 2.75. The Balaban J connectivity index is 2.36. The molecule has 72 valence electrons. The number of hydrogen-bond donors (Lipinski definition) is 2. The predicted molar refractivity (Wildman–Crippen MR) is 58.5 cm³/mol. The van der Waals surface area contributed by atoms with Crippen molar-refractivity contribution in [3.8, 4) is 0 Å². The molecule has 0 unspecified atom stereocenters. The summed E-state index contributed by atoms with van der Waals surface area (Å²) in [6.07, 6.45) is 1.09. The standard InChI is InChI=1S/C12H14N2/c1-2-4-12-10(3-1)11(8-14-12)9-5-6-13-7-9/h1-4,8-9,13-14H,5-7H2/t9-/m1/s1/i1D,2D,3D,4D,8D. The number of rotatable bonds is 1. The van der Waals surface area contributed by atoms with Crippen molar-refractivity contribution >= 4 is 10.9 Å². The van der Waals surface area contributed by atoms with E-state index in [4.69, 9.17) is 6.85 Å². The average molecular weight is 191 g/mol. The molecule has 0 bridgehead atoms. The van der Waals surface area contributed by atoms with E-state index in [9.17, 15) is 0 Å². The summed E-state index contributed by atoms with van der Waals surface area (Å²) in [5, 5.41) is 3.70. The van der Waals surface area contributed by atoms with E-state index < -0.39 is 0 Å². The fourth-order valence-electron chi connectivity index (χ4n) is 2.01. The Morgan fingerprint density at radius 2 is 2.29 bits per heavy atom. The quantitative estimate of drug-likeness (QED) is 0.711. The number of aromatic amines is 1. The van der Waals surface area contributed by atoms with Gasteiger partial charge in [0.1, 0.15) is 0 Å². The molecular weight excluding hydrogens is 172 g/mol. The van der Waals surface area contributed by atoms with Crippen molar-refractivity contribution in [1.82, 2.24) is 10.3 Å². The molecule has 0 aliphatic carbocycles. The molecule has 1 atom stereocenters. The Labute approximate surface area is 90.4 Å². The zero-order valence-corrected chi connectivity index (χ0v) is 7.70. The van der Waals surface area contributed by atoms with Crippen LogP contribution in [0.25, 0.3) is 10.9 Å². The molecule has 1 aromatic heterocycles. The number of para-hydroxylation sites is 1. The van der Waals surface area contributed by atoms with Gasteiger partial charge >= 0.3 is 0 Å². The van der Waals surface area contributed by atoms with Gasteiger partial charge in [0.25, 0.3) is 0 Å². The molecule has 1 aliphatic rings. The summed E-state index contributed by atoms with van der Waals surface area (Å²) in [4.78, 5) is 2.81. The van der Waals surface area contributed by atoms with E-state index in [1.807, 2.05) is 0 Å². The van der Waals surface area contributed by atoms with Gasteiger partial charge in [-0.15, -0.1) is 0 Å². The number of fused-ring (bicyclic) bond motifs is 1. The zero-order chi connectivity index (χ0) is 13.7. The third kappa shape index (κ3) is 1.15. The number of aromatic nitrogens is 1. The van der Waals surface area contributed by atoms with E-state index in [-0.39, 0.29) is 36.3 Å². The van der Waals surface area contributed by atoms with E-state index >= 15 is 0 Å². The number of nitrogens with one attached hydrogen (secondary N) is 2. The van der Waals surface area contributed by atoms with Gasteiger partial charge in [-0.25, -0.2) is 0 Å². The van der Waals surface area contributed by atoms with Gasteiger partial charge in [0.05, 0.1) is 6.85 Å². The zero-order valence-electron chi connectivity index (χ0n) is 12.7. The molecule has 3 rings (SSSR count). The SMILES string of the molecule is [2H]c1[nH]c2c([2H])c([2H])c([2H])c([2H])c2c1[C@@H]1CCNC1. The molecule has 1 aliphatic heterocycles. The first-order chi connectivity index (χ1) is 9.02. The first kappa shape index (κ1) is 4.49. The van der Waals surface area contributed by atoms with Gasteiger partial charge in [-0.05, 0) is 30.5 Å². The Hall–Kier alpha value is -1.28. The fourth-order valence-corrected chi connectivity index (χ4v) is 2.01. The maximum Gasteiger partial charge on any atom is 0.0819 e. The molecule has 2 nitrogen and oxygen atoms in total. The van der Waals surface area contributed by atoms with Gasteiger partial charge in [-0.1, -0.05) is 18.1 Å². The average Bonchev–Trinajstić information content (AvgIpc) is 3.00. The highest BCUT2D eigenvalue weighted by Gasteiger charge is 2.19. The summed E-state index contributed by atoms with van der Waals surface area (Å²) in [5.41, 5.74) is 1.06. The fraction of sp³-hybridized carbons (Fsp3) is 0.333. The van der Waals surface area contributed by atoms with Gasteiger partial charge in [0, 0.05) is 23.6 Å². The number of hydrogen-bond acceptors (Lipinski definition) is 1. The highest BCUT2D eigenvalue weighted by molar-refractivity contribution is 5.83. The summed E-state index contributed by atoms with van der Waals surface area (Å²) in [5.74, 6) is 0.140. The Kier molecular flexibility index (Phi) is 1.01. The second kappa shape index (κ2) is 3.14. The van der Waals surface area contributed by atoms with E-state index in [0.717, 1.165) is 19.5 Å². The van der Waals surface area contributed by atoms with Crippen LogP contribution in [0.15, 0.2) is 30.3 Å². The van der Waals surface area contributed by atoms with Crippen molar-refractivity contribution in [1.29, 1.82) is 0 Å². The monoisotopic (exact) mass is 191 g/mol. The van der Waals surface area contributed by atoms with Crippen molar-refractivity contribution in [2.45, 2.75) is 12.3 Å². The van der Waals surface area contributed by atoms with Crippen molar-refractivity contribution < 1.29 is 6.85 Å². The van der Waals surface area contributed by atoms with Crippen LogP contribution >= 0.6 is 0 Å². The van der Waals surface area contributed by atoms with E-state index in [1.165, 1.54) is 0 Å². The van der Waals surface area contributed by atoms with Crippen LogP contribution in [-0.4, -0.2) is 18.1 Å². The van der Waals surface area contributed by atoms with Gasteiger partial charge in [-0.2, -0.15) is 0 Å². The maximum atomic E-state index is 8.03. The van der Waals surface area contributed by atoms with Gasteiger partial charge in [-0.3, -0.25) is 0 Å². The molecule has 0 spiro atoms. The van der Waals surface area contributed by atoms with Crippen LogP contribution in [0.5, 0.6) is 0 Å². The van der Waals surface area contributed by atoms with Crippen LogP contribution in [0.4, 0.5) is 0 Å². The predicted octanol–water partition coefficient (Wildman–Crippen LogP) is 2.24. The second-order valence-electron chi connectivity index (χ2n) is 3.60. The lowest BCUT2D eigenvalue weighted by atomic mass is 9.98. The Bertz CT molecular complexity index is 658. The lowest BCUT2D eigenvalue weighted by Crippen LogP contribution is -2.07. The summed E-state index contributed by atoms with van der Waals surface area (Å²) >= 11 is 0. The number of benzene rings is 1. The molecule has 2 N–H and O–H groups in total. The van der Waals surface area contributed by atoms with Crippen LogP contribution < -0.4 is 5.32 Å². The van der Waals surface area contributed by atoms with E-state index in [2.05, 4.69) is 10.3 Å². The Morgan fingerprint density at radius 3 is 3.14 bits per heavy atom. The van der Waals surface area contributed by atoms with Gasteiger partial charge in [0.15, 0.2) is 0 Å². The molecule has 0 saturated carbocycles. The minimum absolute atomic E-state index is 0.0485. The summed E-state index contributed by atoms with van der Waals surface area (Å²) in [7, 11) is 0. The smallest absolute Gasteiger partial charge is 0.0819 e. The van der Waals surface area contributed by atoms with Gasteiger partial charge < -0.3 is 10.3 Å². The molecule has 2 heteroatoms. The summed E-state index contributed by atoms with van der Waals surface area (Å²) < 4.78 is 39.4. The van der Waals surface area contributed by atoms with Crippen molar-refractivity contribution in [3.05, 3.63) is 35.9 Å². The van der Waals surface area contributed by atoms with E-state index in [1.54, 1.807) is 0 Å². The number of H-pyrrole nitrogens is 1. The van der Waals surface area contributed by atoms with Crippen molar-refractivity contribution in [2.24, 2.45) is 0 Å². The van der Waals surface area contributed by atoms with Crippen LogP contribution in [-0.2, 0) is 0 Å². The molecule has 0 radical (unpaired) electrons. The van der Waals surface area contributed by atoms with Crippen LogP contribution in [0.1, 0.15) is 24.8 Å². The van der Waals surface area contributed by atoms with Crippen LogP contribution in [0, 0.1) is 0 Å². The topological polar surface area (TPSA) is 27.8 Å². The molecule has 2 aromatic rings. The molecule has 1 aromatic carbocycles. The molecule has 1 fully saturated rings. The summed E-state index contributed by atoms with van der Waals surface area (Å²) in [6.45, 7) is 1.63. The second-order valence-corrected chi connectivity index (χ2v) is 3.60. The molecule has 1 saturated heterocycles. The van der Waals surface area contributed by atoms with Crippen LogP contribution in [0.2, 0.25) is 0 Å². The van der Waals surface area contributed by atoms with Crippen LogP contribution in [0.3, 0.4) is 0 Å². The third-order valence-electron chi connectivity index (χ3n) is 2.75. The molecule has 14 heavy (non-hydrogen) atoms. The molecule has 0 amide bonds. The molecular formula is C12H14N2. The highest BCUT2D eigenvalue weighted by atomic mass is 14.9. The lowest BCUT2D eigenvalue weighted by molar-refractivity contribution is 0.769. The van der Waals surface area contributed by atoms with Crippen molar-refractivity contribution in [3.63, 3.8) is 0 Å². The first-order valence-corrected chi connectivity index (χ1v) is 4.81. The minimum atomic E-state index is -0.255.